The number of hydrogen-bond donors (Lipinski definition) is 0. The van der Waals surface area contributed by atoms with E-state index in [9.17, 15) is 0 Å². The Balaban J connectivity index is 2.16. The number of benzene rings is 1. The molecule has 0 N–H and O–H groups in total. The molecule has 18 heavy (non-hydrogen) atoms. The fourth-order valence-corrected chi connectivity index (χ4v) is 2.95. The van der Waals surface area contributed by atoms with Gasteiger partial charge in [-0.15, -0.1) is 0 Å². The molecule has 0 saturated carbocycles. The average Bonchev–Trinajstić information content (AvgIpc) is 2.39. The van der Waals surface area contributed by atoms with Crippen molar-refractivity contribution in [3.8, 4) is 5.75 Å². The van der Waals surface area contributed by atoms with Gasteiger partial charge in [0, 0.05) is 5.92 Å². The summed E-state index contributed by atoms with van der Waals surface area (Å²) in [4.78, 5) is 2.60. The van der Waals surface area contributed by atoms with Crippen molar-refractivity contribution in [2.75, 3.05) is 19.7 Å². The molecule has 100 valence electrons. The first kappa shape index (κ1) is 13.4. The number of fused-ring (bicyclic) bond motifs is 1. The lowest BCUT2D eigenvalue weighted by Crippen LogP contribution is -2.45. The molecule has 0 saturated heterocycles. The van der Waals surface area contributed by atoms with Crippen LogP contribution in [0.3, 0.4) is 0 Å². The van der Waals surface area contributed by atoms with E-state index in [1.807, 2.05) is 0 Å². The summed E-state index contributed by atoms with van der Waals surface area (Å²) >= 11 is 0. The molecule has 1 aliphatic heterocycles. The topological polar surface area (TPSA) is 12.5 Å². The van der Waals surface area contributed by atoms with Crippen molar-refractivity contribution in [1.82, 2.24) is 4.90 Å². The highest BCUT2D eigenvalue weighted by atomic mass is 16.5. The zero-order chi connectivity index (χ0) is 13.0. The lowest BCUT2D eigenvalue weighted by molar-refractivity contribution is 0.101. The third-order valence-electron chi connectivity index (χ3n) is 3.89. The quantitative estimate of drug-likeness (QED) is 0.787. The molecule has 2 heteroatoms. The van der Waals surface area contributed by atoms with Crippen molar-refractivity contribution in [2.45, 2.75) is 45.6 Å². The van der Waals surface area contributed by atoms with E-state index in [0.717, 1.165) is 12.4 Å². The fourth-order valence-electron chi connectivity index (χ4n) is 2.95. The number of para-hydroxylation sites is 1. The third-order valence-corrected chi connectivity index (χ3v) is 3.89. The molecule has 1 aliphatic rings. The van der Waals surface area contributed by atoms with Crippen LogP contribution >= 0.6 is 0 Å². The smallest absolute Gasteiger partial charge is 0.122 e. The van der Waals surface area contributed by atoms with Gasteiger partial charge in [-0.3, -0.25) is 4.90 Å². The maximum atomic E-state index is 5.94. The molecule has 1 heterocycles. The minimum absolute atomic E-state index is 0.528. The molecule has 0 radical (unpaired) electrons. The average molecular weight is 247 g/mol. The Labute approximate surface area is 111 Å². The van der Waals surface area contributed by atoms with Crippen molar-refractivity contribution in [3.63, 3.8) is 0 Å². The molecule has 0 spiro atoms. The molecule has 0 bridgehead atoms. The zero-order valence-corrected chi connectivity index (χ0v) is 11.9. The van der Waals surface area contributed by atoms with Crippen LogP contribution in [0.4, 0.5) is 0 Å². The van der Waals surface area contributed by atoms with Gasteiger partial charge in [0.15, 0.2) is 0 Å². The van der Waals surface area contributed by atoms with Gasteiger partial charge in [0.1, 0.15) is 12.4 Å². The Kier molecular flexibility index (Phi) is 4.65. The van der Waals surface area contributed by atoms with Crippen LogP contribution in [0.15, 0.2) is 24.3 Å². The van der Waals surface area contributed by atoms with Crippen molar-refractivity contribution in [1.29, 1.82) is 0 Å². The molecular formula is C16H25NO. The van der Waals surface area contributed by atoms with E-state index in [1.54, 1.807) is 0 Å². The predicted octanol–water partition coefficient (Wildman–Crippen LogP) is 3.67. The molecule has 2 nitrogen and oxygen atoms in total. The second-order valence-corrected chi connectivity index (χ2v) is 5.24. The summed E-state index contributed by atoms with van der Waals surface area (Å²) in [5.74, 6) is 1.64. The van der Waals surface area contributed by atoms with Crippen LogP contribution in [0.5, 0.6) is 5.75 Å². The first-order chi connectivity index (χ1) is 8.77. The van der Waals surface area contributed by atoms with Crippen molar-refractivity contribution in [3.05, 3.63) is 29.8 Å². The summed E-state index contributed by atoms with van der Waals surface area (Å²) in [6, 6.07) is 9.00. The van der Waals surface area contributed by atoms with Gasteiger partial charge in [-0.1, -0.05) is 39.0 Å². The molecule has 1 aromatic rings. The number of ether oxygens (including phenoxy) is 1. The fraction of sp³-hybridized carbons (Fsp3) is 0.625. The van der Waals surface area contributed by atoms with E-state index in [4.69, 9.17) is 4.74 Å². The van der Waals surface area contributed by atoms with E-state index in [2.05, 4.69) is 49.9 Å². The lowest BCUT2D eigenvalue weighted by atomic mass is 9.89. The van der Waals surface area contributed by atoms with E-state index in [0.29, 0.717) is 12.0 Å². The Hall–Kier alpha value is -1.02. The van der Waals surface area contributed by atoms with Crippen LogP contribution in [0.2, 0.25) is 0 Å². The summed E-state index contributed by atoms with van der Waals surface area (Å²) in [6.07, 6.45) is 2.43. The Morgan fingerprint density at radius 1 is 1.17 bits per heavy atom. The first-order valence-electron chi connectivity index (χ1n) is 7.23. The van der Waals surface area contributed by atoms with Crippen LogP contribution in [-0.2, 0) is 0 Å². The van der Waals surface area contributed by atoms with Gasteiger partial charge in [-0.05, 0) is 37.6 Å². The SMILES string of the molecule is CCCN(CCC)[C@@H]1COc2ccccc2[C@H]1C. The van der Waals surface area contributed by atoms with Crippen LogP contribution in [0, 0.1) is 0 Å². The van der Waals surface area contributed by atoms with Gasteiger partial charge >= 0.3 is 0 Å². The number of hydrogen-bond acceptors (Lipinski definition) is 2. The van der Waals surface area contributed by atoms with Crippen molar-refractivity contribution < 1.29 is 4.74 Å². The Morgan fingerprint density at radius 2 is 1.83 bits per heavy atom. The lowest BCUT2D eigenvalue weighted by Gasteiger charge is -2.39. The van der Waals surface area contributed by atoms with Crippen LogP contribution in [0.1, 0.15) is 45.1 Å². The summed E-state index contributed by atoms with van der Waals surface area (Å²) in [6.45, 7) is 10.0. The summed E-state index contributed by atoms with van der Waals surface area (Å²) < 4.78 is 5.94. The van der Waals surface area contributed by atoms with E-state index in [-0.39, 0.29) is 0 Å². The van der Waals surface area contributed by atoms with Crippen molar-refractivity contribution in [2.24, 2.45) is 0 Å². The standard InChI is InChI=1S/C16H25NO/c1-4-10-17(11-5-2)15-12-18-16-9-7-6-8-14(16)13(15)3/h6-9,13,15H,4-5,10-12H2,1-3H3/t13-,15-/m1/s1. The molecule has 0 fully saturated rings. The molecule has 0 amide bonds. The molecule has 1 aromatic carbocycles. The second-order valence-electron chi connectivity index (χ2n) is 5.24. The first-order valence-corrected chi connectivity index (χ1v) is 7.23. The molecule has 2 atom stereocenters. The maximum Gasteiger partial charge on any atom is 0.122 e. The Bertz CT molecular complexity index is 371. The molecule has 0 aromatic heterocycles. The third kappa shape index (κ3) is 2.69. The second kappa shape index (κ2) is 6.24. The van der Waals surface area contributed by atoms with Gasteiger partial charge in [-0.25, -0.2) is 0 Å². The number of rotatable bonds is 5. The summed E-state index contributed by atoms with van der Waals surface area (Å²) in [5, 5.41) is 0. The largest absolute Gasteiger partial charge is 0.492 e. The molecular weight excluding hydrogens is 222 g/mol. The van der Waals surface area contributed by atoms with Gasteiger partial charge < -0.3 is 4.74 Å². The normalized spacial score (nSPS) is 22.7. The predicted molar refractivity (Wildman–Crippen MR) is 76.3 cm³/mol. The maximum absolute atomic E-state index is 5.94. The van der Waals surface area contributed by atoms with E-state index < -0.39 is 0 Å². The highest BCUT2D eigenvalue weighted by Crippen LogP contribution is 2.35. The molecule has 0 unspecified atom stereocenters. The van der Waals surface area contributed by atoms with Crippen LogP contribution in [0.25, 0.3) is 0 Å². The van der Waals surface area contributed by atoms with Crippen LogP contribution in [-0.4, -0.2) is 30.6 Å². The number of nitrogens with zero attached hydrogens (tertiary/aromatic N) is 1. The van der Waals surface area contributed by atoms with E-state index >= 15 is 0 Å². The van der Waals surface area contributed by atoms with Gasteiger partial charge in [-0.2, -0.15) is 0 Å². The summed E-state index contributed by atoms with van der Waals surface area (Å²) in [5.41, 5.74) is 1.37. The van der Waals surface area contributed by atoms with Crippen molar-refractivity contribution >= 4 is 0 Å². The summed E-state index contributed by atoms with van der Waals surface area (Å²) in [7, 11) is 0. The zero-order valence-electron chi connectivity index (χ0n) is 11.9. The van der Waals surface area contributed by atoms with Gasteiger partial charge in [0.25, 0.3) is 0 Å². The minimum Gasteiger partial charge on any atom is -0.492 e. The molecule has 2 rings (SSSR count). The molecule has 0 aliphatic carbocycles. The monoisotopic (exact) mass is 247 g/mol. The highest BCUT2D eigenvalue weighted by Gasteiger charge is 2.30. The highest BCUT2D eigenvalue weighted by molar-refractivity contribution is 5.38. The Morgan fingerprint density at radius 3 is 2.50 bits per heavy atom. The van der Waals surface area contributed by atoms with Gasteiger partial charge in [0.05, 0.1) is 6.04 Å². The van der Waals surface area contributed by atoms with E-state index in [1.165, 1.54) is 31.5 Å². The van der Waals surface area contributed by atoms with Crippen LogP contribution < -0.4 is 4.74 Å². The van der Waals surface area contributed by atoms with Gasteiger partial charge in [0.2, 0.25) is 0 Å². The minimum atomic E-state index is 0.528.